The molecule has 2 heterocycles. The summed E-state index contributed by atoms with van der Waals surface area (Å²) in [6.07, 6.45) is 1.82. The largest absolute Gasteiger partial charge is 0.329 e. The quantitative estimate of drug-likeness (QED) is 0.702. The Morgan fingerprint density at radius 2 is 2.05 bits per heavy atom. The zero-order valence-corrected chi connectivity index (χ0v) is 12.7. The van der Waals surface area contributed by atoms with Crippen molar-refractivity contribution in [3.8, 4) is 5.69 Å². The van der Waals surface area contributed by atoms with Crippen LogP contribution in [0.3, 0.4) is 0 Å². The molecule has 0 unspecified atom stereocenters. The van der Waals surface area contributed by atoms with E-state index in [1.54, 1.807) is 0 Å². The van der Waals surface area contributed by atoms with Gasteiger partial charge in [0.15, 0.2) is 10.4 Å². The SMILES string of the molecule is Cc1ccnc2c1[nH]c(=S)n2-c1cccc(C(C)C)c1. The molecule has 0 aliphatic carbocycles. The van der Waals surface area contributed by atoms with E-state index in [0.29, 0.717) is 10.7 Å². The minimum absolute atomic E-state index is 0.490. The van der Waals surface area contributed by atoms with E-state index in [1.807, 2.05) is 16.8 Å². The molecular formula is C16H17N3S. The van der Waals surface area contributed by atoms with Gasteiger partial charge in [-0.25, -0.2) is 4.98 Å². The summed E-state index contributed by atoms with van der Waals surface area (Å²) in [5.41, 5.74) is 5.40. The standard InChI is InChI=1S/C16H17N3S/c1-10(2)12-5-4-6-13(9-12)19-15-14(18-16(19)20)11(3)7-8-17-15/h4-10H,1-3H3,(H,18,20). The van der Waals surface area contributed by atoms with Gasteiger partial charge < -0.3 is 4.98 Å². The summed E-state index contributed by atoms with van der Waals surface area (Å²) in [7, 11) is 0. The summed E-state index contributed by atoms with van der Waals surface area (Å²) < 4.78 is 2.69. The van der Waals surface area contributed by atoms with Gasteiger partial charge in [0.2, 0.25) is 0 Å². The number of benzene rings is 1. The number of pyridine rings is 1. The van der Waals surface area contributed by atoms with Crippen LogP contribution in [0.4, 0.5) is 0 Å². The van der Waals surface area contributed by atoms with Gasteiger partial charge in [-0.05, 0) is 54.4 Å². The molecule has 0 aliphatic rings. The second-order valence-corrected chi connectivity index (χ2v) is 5.73. The monoisotopic (exact) mass is 283 g/mol. The summed E-state index contributed by atoms with van der Waals surface area (Å²) >= 11 is 5.47. The van der Waals surface area contributed by atoms with E-state index in [1.165, 1.54) is 5.56 Å². The lowest BCUT2D eigenvalue weighted by molar-refractivity contribution is 0.862. The summed E-state index contributed by atoms with van der Waals surface area (Å²) in [5, 5.41) is 0. The number of rotatable bonds is 2. The minimum Gasteiger partial charge on any atom is -0.329 e. The lowest BCUT2D eigenvalue weighted by Crippen LogP contribution is -1.97. The molecule has 0 radical (unpaired) electrons. The van der Waals surface area contributed by atoms with Gasteiger partial charge in [-0.15, -0.1) is 0 Å². The first-order chi connectivity index (χ1) is 9.58. The first kappa shape index (κ1) is 13.1. The topological polar surface area (TPSA) is 33.6 Å². The van der Waals surface area contributed by atoms with Gasteiger partial charge in [0.1, 0.15) is 0 Å². The second-order valence-electron chi connectivity index (χ2n) is 5.34. The zero-order chi connectivity index (χ0) is 14.3. The molecule has 102 valence electrons. The van der Waals surface area contributed by atoms with Crippen molar-refractivity contribution < 1.29 is 0 Å². The van der Waals surface area contributed by atoms with Crippen LogP contribution < -0.4 is 0 Å². The predicted molar refractivity (Wildman–Crippen MR) is 85.1 cm³/mol. The van der Waals surface area contributed by atoms with E-state index in [4.69, 9.17) is 12.2 Å². The Balaban J connectivity index is 2.30. The Kier molecular flexibility index (Phi) is 3.18. The van der Waals surface area contributed by atoms with Crippen LogP contribution in [-0.4, -0.2) is 14.5 Å². The number of imidazole rings is 1. The molecule has 1 aromatic carbocycles. The summed E-state index contributed by atoms with van der Waals surface area (Å²) in [5.74, 6) is 0.490. The van der Waals surface area contributed by atoms with Gasteiger partial charge in [-0.3, -0.25) is 4.57 Å². The maximum absolute atomic E-state index is 5.47. The van der Waals surface area contributed by atoms with Gasteiger partial charge in [0.05, 0.1) is 11.2 Å². The predicted octanol–water partition coefficient (Wildman–Crippen LogP) is 4.51. The highest BCUT2D eigenvalue weighted by atomic mass is 32.1. The maximum Gasteiger partial charge on any atom is 0.184 e. The average Bonchev–Trinajstić information content (AvgIpc) is 2.77. The summed E-state index contributed by atoms with van der Waals surface area (Å²) in [6, 6.07) is 10.4. The molecule has 1 N–H and O–H groups in total. The minimum atomic E-state index is 0.490. The number of hydrogen-bond donors (Lipinski definition) is 1. The van der Waals surface area contributed by atoms with Crippen LogP contribution in [0.25, 0.3) is 16.9 Å². The third-order valence-corrected chi connectivity index (χ3v) is 3.87. The highest BCUT2D eigenvalue weighted by molar-refractivity contribution is 7.71. The van der Waals surface area contributed by atoms with E-state index >= 15 is 0 Å². The number of aromatic amines is 1. The van der Waals surface area contributed by atoms with Gasteiger partial charge in [0, 0.05) is 6.20 Å². The second kappa shape index (κ2) is 4.87. The van der Waals surface area contributed by atoms with Crippen LogP contribution in [-0.2, 0) is 0 Å². The molecule has 0 spiro atoms. The Labute approximate surface area is 123 Å². The van der Waals surface area contributed by atoms with Crippen molar-refractivity contribution in [3.05, 3.63) is 52.4 Å². The Morgan fingerprint density at radius 3 is 2.80 bits per heavy atom. The highest BCUT2D eigenvalue weighted by Crippen LogP contribution is 2.23. The Hall–Kier alpha value is -1.94. The maximum atomic E-state index is 5.47. The van der Waals surface area contributed by atoms with E-state index in [0.717, 1.165) is 22.4 Å². The van der Waals surface area contributed by atoms with Gasteiger partial charge >= 0.3 is 0 Å². The molecule has 0 bridgehead atoms. The van der Waals surface area contributed by atoms with E-state index in [9.17, 15) is 0 Å². The van der Waals surface area contributed by atoms with Crippen molar-refractivity contribution in [3.63, 3.8) is 0 Å². The molecule has 0 saturated heterocycles. The number of aryl methyl sites for hydroxylation is 1. The van der Waals surface area contributed by atoms with Crippen molar-refractivity contribution in [1.29, 1.82) is 0 Å². The fourth-order valence-corrected chi connectivity index (χ4v) is 2.68. The van der Waals surface area contributed by atoms with Crippen molar-refractivity contribution >= 4 is 23.4 Å². The number of fused-ring (bicyclic) bond motifs is 1. The van der Waals surface area contributed by atoms with Crippen LogP contribution in [0.5, 0.6) is 0 Å². The van der Waals surface area contributed by atoms with Crippen molar-refractivity contribution in [2.24, 2.45) is 0 Å². The molecular weight excluding hydrogens is 266 g/mol. The molecule has 2 aromatic heterocycles. The Morgan fingerprint density at radius 1 is 1.25 bits per heavy atom. The van der Waals surface area contributed by atoms with Crippen LogP contribution in [0.2, 0.25) is 0 Å². The molecule has 3 rings (SSSR count). The van der Waals surface area contributed by atoms with Crippen LogP contribution >= 0.6 is 12.2 Å². The third kappa shape index (κ3) is 2.06. The number of nitrogens with zero attached hydrogens (tertiary/aromatic N) is 2. The number of aromatic nitrogens is 3. The first-order valence-electron chi connectivity index (χ1n) is 6.74. The summed E-state index contributed by atoms with van der Waals surface area (Å²) in [6.45, 7) is 6.44. The lowest BCUT2D eigenvalue weighted by Gasteiger charge is -2.09. The molecule has 0 fully saturated rings. The number of H-pyrrole nitrogens is 1. The fourth-order valence-electron chi connectivity index (χ4n) is 2.39. The van der Waals surface area contributed by atoms with Gasteiger partial charge in [-0.2, -0.15) is 0 Å². The normalized spacial score (nSPS) is 11.4. The number of hydrogen-bond acceptors (Lipinski definition) is 2. The Bertz CT molecular complexity index is 827. The van der Waals surface area contributed by atoms with E-state index in [-0.39, 0.29) is 0 Å². The van der Waals surface area contributed by atoms with Crippen molar-refractivity contribution in [1.82, 2.24) is 14.5 Å². The van der Waals surface area contributed by atoms with Crippen LogP contribution in [0, 0.1) is 11.7 Å². The molecule has 0 saturated carbocycles. The third-order valence-electron chi connectivity index (χ3n) is 3.58. The fraction of sp³-hybridized carbons (Fsp3) is 0.250. The van der Waals surface area contributed by atoms with Crippen LogP contribution in [0.1, 0.15) is 30.9 Å². The highest BCUT2D eigenvalue weighted by Gasteiger charge is 2.10. The smallest absolute Gasteiger partial charge is 0.184 e. The average molecular weight is 283 g/mol. The summed E-state index contributed by atoms with van der Waals surface area (Å²) in [4.78, 5) is 7.74. The van der Waals surface area contributed by atoms with Crippen molar-refractivity contribution in [2.45, 2.75) is 26.7 Å². The molecule has 3 aromatic rings. The van der Waals surface area contributed by atoms with E-state index in [2.05, 4.69) is 55.0 Å². The van der Waals surface area contributed by atoms with Crippen LogP contribution in [0.15, 0.2) is 36.5 Å². The molecule has 0 aliphatic heterocycles. The molecule has 20 heavy (non-hydrogen) atoms. The molecule has 3 nitrogen and oxygen atoms in total. The molecule has 0 amide bonds. The first-order valence-corrected chi connectivity index (χ1v) is 7.15. The lowest BCUT2D eigenvalue weighted by atomic mass is 10.0. The van der Waals surface area contributed by atoms with Gasteiger partial charge in [-0.1, -0.05) is 26.0 Å². The van der Waals surface area contributed by atoms with Crippen molar-refractivity contribution in [2.75, 3.05) is 0 Å². The molecule has 4 heteroatoms. The molecule has 0 atom stereocenters. The number of nitrogens with one attached hydrogen (secondary N) is 1. The zero-order valence-electron chi connectivity index (χ0n) is 11.8. The van der Waals surface area contributed by atoms with Gasteiger partial charge in [0.25, 0.3) is 0 Å². The van der Waals surface area contributed by atoms with E-state index < -0.39 is 0 Å².